The minimum atomic E-state index is -3.21. The predicted molar refractivity (Wildman–Crippen MR) is 97.4 cm³/mol. The monoisotopic (exact) mass is 381 g/mol. The van der Waals surface area contributed by atoms with E-state index in [9.17, 15) is 18.0 Å². The van der Waals surface area contributed by atoms with Crippen molar-refractivity contribution in [1.82, 2.24) is 14.2 Å². The summed E-state index contributed by atoms with van der Waals surface area (Å²) in [6, 6.07) is 5.17. The van der Waals surface area contributed by atoms with Crippen molar-refractivity contribution >= 4 is 27.3 Å². The lowest BCUT2D eigenvalue weighted by molar-refractivity contribution is 0.0703. The number of pyridine rings is 1. The van der Waals surface area contributed by atoms with Crippen LogP contribution in [-0.2, 0) is 10.0 Å². The van der Waals surface area contributed by atoms with Crippen LogP contribution in [0.1, 0.15) is 15.2 Å². The van der Waals surface area contributed by atoms with Crippen LogP contribution in [0, 0.1) is 6.92 Å². The maximum atomic E-state index is 12.7. The SMILES string of the molecule is Cc1cc(=O)[nH]cc1-c1ccc(C(=O)N2CCN(S(C)(=O)=O)CC2)s1. The largest absolute Gasteiger partial charge is 0.335 e. The van der Waals surface area contributed by atoms with Gasteiger partial charge in [-0.3, -0.25) is 9.59 Å². The Hall–Kier alpha value is -1.97. The highest BCUT2D eigenvalue weighted by Crippen LogP contribution is 2.30. The average molecular weight is 381 g/mol. The van der Waals surface area contributed by atoms with E-state index in [2.05, 4.69) is 4.98 Å². The zero-order chi connectivity index (χ0) is 18.2. The van der Waals surface area contributed by atoms with Crippen LogP contribution in [0.5, 0.6) is 0 Å². The van der Waals surface area contributed by atoms with Crippen molar-refractivity contribution < 1.29 is 13.2 Å². The van der Waals surface area contributed by atoms with Gasteiger partial charge in [0.1, 0.15) is 0 Å². The van der Waals surface area contributed by atoms with E-state index in [1.165, 1.54) is 28.0 Å². The highest BCUT2D eigenvalue weighted by molar-refractivity contribution is 7.88. The van der Waals surface area contributed by atoms with Gasteiger partial charge in [0.15, 0.2) is 0 Å². The van der Waals surface area contributed by atoms with Gasteiger partial charge < -0.3 is 9.88 Å². The fraction of sp³-hybridized carbons (Fsp3) is 0.375. The number of hydrogen-bond acceptors (Lipinski definition) is 5. The number of nitrogens with zero attached hydrogens (tertiary/aromatic N) is 2. The molecule has 0 saturated carbocycles. The second kappa shape index (κ2) is 6.74. The number of carbonyl (C=O) groups is 1. The molecule has 1 fully saturated rings. The average Bonchev–Trinajstić information content (AvgIpc) is 3.03. The first-order chi connectivity index (χ1) is 11.8. The standard InChI is InChI=1S/C16H19N3O4S2/c1-11-9-15(20)17-10-12(11)13-3-4-14(24-13)16(21)18-5-7-19(8-6-18)25(2,22)23/h3-4,9-10H,5-8H2,1-2H3,(H,17,20). The smallest absolute Gasteiger partial charge is 0.264 e. The number of aryl methyl sites for hydroxylation is 1. The van der Waals surface area contributed by atoms with E-state index in [0.717, 1.165) is 16.0 Å². The van der Waals surface area contributed by atoms with Crippen molar-refractivity contribution in [2.24, 2.45) is 0 Å². The fourth-order valence-electron chi connectivity index (χ4n) is 2.81. The zero-order valence-corrected chi connectivity index (χ0v) is 15.6. The molecule has 9 heteroatoms. The summed E-state index contributed by atoms with van der Waals surface area (Å²) < 4.78 is 24.5. The summed E-state index contributed by atoms with van der Waals surface area (Å²) in [6.45, 7) is 3.27. The number of nitrogens with one attached hydrogen (secondary N) is 1. The third kappa shape index (κ3) is 3.83. The fourth-order valence-corrected chi connectivity index (χ4v) is 4.70. The summed E-state index contributed by atoms with van der Waals surface area (Å²) in [5.41, 5.74) is 1.59. The van der Waals surface area contributed by atoms with E-state index >= 15 is 0 Å². The van der Waals surface area contributed by atoms with Crippen LogP contribution < -0.4 is 5.56 Å². The van der Waals surface area contributed by atoms with Gasteiger partial charge in [0.2, 0.25) is 15.6 Å². The molecule has 134 valence electrons. The number of aromatic amines is 1. The molecule has 0 unspecified atom stereocenters. The number of carbonyl (C=O) groups excluding carboxylic acids is 1. The lowest BCUT2D eigenvalue weighted by atomic mass is 10.1. The highest BCUT2D eigenvalue weighted by atomic mass is 32.2. The van der Waals surface area contributed by atoms with Gasteiger partial charge in [-0.25, -0.2) is 8.42 Å². The molecule has 0 bridgehead atoms. The van der Waals surface area contributed by atoms with Gasteiger partial charge in [-0.15, -0.1) is 11.3 Å². The first-order valence-electron chi connectivity index (χ1n) is 7.79. The maximum Gasteiger partial charge on any atom is 0.264 e. The number of H-pyrrole nitrogens is 1. The second-order valence-electron chi connectivity index (χ2n) is 6.01. The second-order valence-corrected chi connectivity index (χ2v) is 9.08. The van der Waals surface area contributed by atoms with Gasteiger partial charge in [0.25, 0.3) is 5.91 Å². The number of rotatable bonds is 3. The molecule has 0 aliphatic carbocycles. The van der Waals surface area contributed by atoms with Crippen molar-refractivity contribution in [2.45, 2.75) is 6.92 Å². The van der Waals surface area contributed by atoms with Gasteiger partial charge in [-0.1, -0.05) is 0 Å². The Kier molecular flexibility index (Phi) is 4.81. The van der Waals surface area contributed by atoms with Crippen molar-refractivity contribution in [3.63, 3.8) is 0 Å². The molecule has 1 amide bonds. The third-order valence-electron chi connectivity index (χ3n) is 4.21. The molecule has 0 atom stereocenters. The van der Waals surface area contributed by atoms with Crippen LogP contribution in [0.15, 0.2) is 29.2 Å². The quantitative estimate of drug-likeness (QED) is 0.863. The van der Waals surface area contributed by atoms with Gasteiger partial charge in [0, 0.05) is 48.9 Å². The van der Waals surface area contributed by atoms with Crippen LogP contribution in [0.25, 0.3) is 10.4 Å². The van der Waals surface area contributed by atoms with Gasteiger partial charge in [0.05, 0.1) is 11.1 Å². The molecule has 25 heavy (non-hydrogen) atoms. The Morgan fingerprint density at radius 3 is 2.48 bits per heavy atom. The van der Waals surface area contributed by atoms with Crippen LogP contribution >= 0.6 is 11.3 Å². The molecular weight excluding hydrogens is 362 g/mol. The van der Waals surface area contributed by atoms with E-state index in [1.54, 1.807) is 17.2 Å². The van der Waals surface area contributed by atoms with E-state index in [4.69, 9.17) is 0 Å². The highest BCUT2D eigenvalue weighted by Gasteiger charge is 2.27. The molecular formula is C16H19N3O4S2. The molecule has 1 aliphatic heterocycles. The number of piperazine rings is 1. The predicted octanol–water partition coefficient (Wildman–Crippen LogP) is 1.13. The summed E-state index contributed by atoms with van der Waals surface area (Å²) >= 11 is 1.37. The Labute approximate surface area is 150 Å². The number of thiophene rings is 1. The van der Waals surface area contributed by atoms with Crippen LogP contribution in [0.3, 0.4) is 0 Å². The number of aromatic nitrogens is 1. The normalized spacial score (nSPS) is 16.2. The molecule has 0 aromatic carbocycles. The van der Waals surface area contributed by atoms with Gasteiger partial charge >= 0.3 is 0 Å². The van der Waals surface area contributed by atoms with Gasteiger partial charge in [-0.05, 0) is 24.6 Å². The van der Waals surface area contributed by atoms with E-state index in [1.807, 2.05) is 13.0 Å². The number of amides is 1. The van der Waals surface area contributed by atoms with Crippen LogP contribution in [0.4, 0.5) is 0 Å². The van der Waals surface area contributed by atoms with Crippen molar-refractivity contribution in [2.75, 3.05) is 32.4 Å². The molecule has 1 N–H and O–H groups in total. The summed E-state index contributed by atoms with van der Waals surface area (Å²) in [6.07, 6.45) is 2.84. The third-order valence-corrected chi connectivity index (χ3v) is 6.62. The minimum Gasteiger partial charge on any atom is -0.335 e. The molecule has 2 aromatic rings. The number of hydrogen-bond donors (Lipinski definition) is 1. The topological polar surface area (TPSA) is 90.6 Å². The van der Waals surface area contributed by atoms with Crippen LogP contribution in [-0.4, -0.2) is 60.9 Å². The molecule has 0 radical (unpaired) electrons. The van der Waals surface area contributed by atoms with Crippen LogP contribution in [0.2, 0.25) is 0 Å². The van der Waals surface area contributed by atoms with Crippen molar-refractivity contribution in [3.8, 4) is 10.4 Å². The maximum absolute atomic E-state index is 12.7. The zero-order valence-electron chi connectivity index (χ0n) is 14.0. The van der Waals surface area contributed by atoms with Crippen molar-refractivity contribution in [3.05, 3.63) is 45.2 Å². The molecule has 3 heterocycles. The Balaban J connectivity index is 1.74. The minimum absolute atomic E-state index is 0.0912. The van der Waals surface area contributed by atoms with E-state index in [0.29, 0.717) is 31.1 Å². The summed E-state index contributed by atoms with van der Waals surface area (Å²) in [5, 5.41) is 0. The molecule has 1 saturated heterocycles. The molecule has 3 rings (SSSR count). The van der Waals surface area contributed by atoms with Crippen molar-refractivity contribution in [1.29, 1.82) is 0 Å². The van der Waals surface area contributed by atoms with E-state index in [-0.39, 0.29) is 11.5 Å². The molecule has 7 nitrogen and oxygen atoms in total. The number of sulfonamides is 1. The first-order valence-corrected chi connectivity index (χ1v) is 10.5. The lowest BCUT2D eigenvalue weighted by Crippen LogP contribution is -2.50. The molecule has 1 aliphatic rings. The lowest BCUT2D eigenvalue weighted by Gasteiger charge is -2.33. The summed E-state index contributed by atoms with van der Waals surface area (Å²) in [5.74, 6) is -0.0912. The Morgan fingerprint density at radius 2 is 1.88 bits per heavy atom. The summed E-state index contributed by atoms with van der Waals surface area (Å²) in [4.78, 5) is 29.8. The van der Waals surface area contributed by atoms with Gasteiger partial charge in [-0.2, -0.15) is 4.31 Å². The Bertz CT molecular complexity index is 954. The van der Waals surface area contributed by atoms with E-state index < -0.39 is 10.0 Å². The molecule has 2 aromatic heterocycles. The Morgan fingerprint density at radius 1 is 1.20 bits per heavy atom. The summed E-state index contributed by atoms with van der Waals surface area (Å²) in [7, 11) is -3.21. The molecule has 0 spiro atoms. The first kappa shape index (κ1) is 17.8.